The number of imidazole rings is 1. The summed E-state index contributed by atoms with van der Waals surface area (Å²) in [5.41, 5.74) is 0.744. The van der Waals surface area contributed by atoms with Crippen LogP contribution in [0.3, 0.4) is 0 Å². The summed E-state index contributed by atoms with van der Waals surface area (Å²) >= 11 is 0. The average molecular weight is 369 g/mol. The van der Waals surface area contributed by atoms with Gasteiger partial charge in [0.1, 0.15) is 31.1 Å². The predicted molar refractivity (Wildman–Crippen MR) is 87.9 cm³/mol. The number of rotatable bonds is 5. The molecule has 1 fully saturated rings. The lowest BCUT2D eigenvalue weighted by molar-refractivity contribution is 0.102. The second-order valence-electron chi connectivity index (χ2n) is 5.68. The van der Waals surface area contributed by atoms with E-state index in [0.29, 0.717) is 5.69 Å². The number of benzene rings is 1. The molecule has 1 unspecified atom stereocenters. The van der Waals surface area contributed by atoms with Gasteiger partial charge in [-0.25, -0.2) is 14.2 Å². The number of nitrogens with zero attached hydrogens (tertiary/aromatic N) is 5. The minimum atomic E-state index is -0.592. The zero-order valence-corrected chi connectivity index (χ0v) is 13.8. The van der Waals surface area contributed by atoms with Crippen molar-refractivity contribution in [2.75, 3.05) is 18.1 Å². The molecule has 0 bridgehead atoms. The van der Waals surface area contributed by atoms with E-state index < -0.39 is 18.0 Å². The van der Waals surface area contributed by atoms with Gasteiger partial charge in [0.15, 0.2) is 11.8 Å². The van der Waals surface area contributed by atoms with Gasteiger partial charge in [0.25, 0.3) is 5.88 Å². The van der Waals surface area contributed by atoms with Crippen molar-refractivity contribution in [2.24, 2.45) is 0 Å². The fourth-order valence-electron chi connectivity index (χ4n) is 2.66. The molecule has 0 spiro atoms. The molecule has 0 radical (unpaired) electrons. The molecule has 9 nitrogen and oxygen atoms in total. The Bertz CT molecular complexity index is 1010. The Labute approximate surface area is 152 Å². The predicted octanol–water partition coefficient (Wildman–Crippen LogP) is 2.28. The molecular formula is C17H12FN5O4. The summed E-state index contributed by atoms with van der Waals surface area (Å²) in [6.07, 6.45) is 3.01. The molecule has 3 heterocycles. The number of hydrogen-bond acceptors (Lipinski definition) is 7. The van der Waals surface area contributed by atoms with E-state index in [-0.39, 0.29) is 30.4 Å². The molecule has 1 aliphatic rings. The second kappa shape index (κ2) is 6.80. The molecule has 1 saturated heterocycles. The first-order chi connectivity index (χ1) is 13.1. The molecule has 2 aromatic heterocycles. The zero-order valence-electron chi connectivity index (χ0n) is 13.8. The SMILES string of the molecule is N#Cc1cn(-c2ccc(N3CC(COc4ccon4)OC3=O)cc2F)cn1. The molecule has 1 aliphatic heterocycles. The van der Waals surface area contributed by atoms with Crippen molar-refractivity contribution in [1.29, 1.82) is 5.26 Å². The van der Waals surface area contributed by atoms with Crippen LogP contribution in [0.15, 0.2) is 47.6 Å². The highest BCUT2D eigenvalue weighted by atomic mass is 19.1. The number of anilines is 1. The topological polar surface area (TPSA) is 106 Å². The highest BCUT2D eigenvalue weighted by molar-refractivity contribution is 5.89. The van der Waals surface area contributed by atoms with Crippen LogP contribution in [0.5, 0.6) is 5.88 Å². The number of cyclic esters (lactones) is 1. The third-order valence-electron chi connectivity index (χ3n) is 3.92. The highest BCUT2D eigenvalue weighted by Gasteiger charge is 2.33. The third-order valence-corrected chi connectivity index (χ3v) is 3.92. The second-order valence-corrected chi connectivity index (χ2v) is 5.68. The first-order valence-electron chi connectivity index (χ1n) is 7.89. The van der Waals surface area contributed by atoms with Crippen molar-refractivity contribution >= 4 is 11.8 Å². The van der Waals surface area contributed by atoms with Crippen LogP contribution in [-0.2, 0) is 4.74 Å². The summed E-state index contributed by atoms with van der Waals surface area (Å²) in [6, 6.07) is 7.73. The molecule has 1 aromatic carbocycles. The molecule has 136 valence electrons. The Morgan fingerprint density at radius 1 is 1.41 bits per heavy atom. The van der Waals surface area contributed by atoms with Crippen molar-refractivity contribution in [3.8, 4) is 17.6 Å². The number of hydrogen-bond donors (Lipinski definition) is 0. The van der Waals surface area contributed by atoms with Gasteiger partial charge in [-0.2, -0.15) is 5.26 Å². The first-order valence-corrected chi connectivity index (χ1v) is 7.89. The van der Waals surface area contributed by atoms with Crippen molar-refractivity contribution < 1.29 is 23.2 Å². The van der Waals surface area contributed by atoms with E-state index in [0.717, 1.165) is 0 Å². The third kappa shape index (κ3) is 3.30. The lowest BCUT2D eigenvalue weighted by Gasteiger charge is -2.14. The number of carbonyl (C=O) groups is 1. The van der Waals surface area contributed by atoms with Crippen LogP contribution in [-0.4, -0.2) is 40.1 Å². The summed E-state index contributed by atoms with van der Waals surface area (Å²) in [5.74, 6) is -0.276. The van der Waals surface area contributed by atoms with E-state index in [1.807, 2.05) is 6.07 Å². The molecular weight excluding hydrogens is 357 g/mol. The minimum Gasteiger partial charge on any atom is -0.471 e. The number of nitriles is 1. The first kappa shape index (κ1) is 16.6. The molecule has 1 atom stereocenters. The maximum atomic E-state index is 14.5. The number of carbonyl (C=O) groups excluding carboxylic acids is 1. The van der Waals surface area contributed by atoms with Gasteiger partial charge in [0, 0.05) is 12.3 Å². The maximum Gasteiger partial charge on any atom is 0.414 e. The lowest BCUT2D eigenvalue weighted by atomic mass is 10.2. The van der Waals surface area contributed by atoms with Crippen molar-refractivity contribution in [3.05, 3.63) is 54.6 Å². The van der Waals surface area contributed by atoms with Crippen molar-refractivity contribution in [3.63, 3.8) is 0 Å². The van der Waals surface area contributed by atoms with E-state index >= 15 is 0 Å². The number of aromatic nitrogens is 3. The largest absolute Gasteiger partial charge is 0.471 e. The van der Waals surface area contributed by atoms with E-state index in [4.69, 9.17) is 14.7 Å². The van der Waals surface area contributed by atoms with Gasteiger partial charge >= 0.3 is 6.09 Å². The number of halogens is 1. The molecule has 0 saturated carbocycles. The maximum absolute atomic E-state index is 14.5. The van der Waals surface area contributed by atoms with Crippen LogP contribution in [0.1, 0.15) is 5.69 Å². The summed E-state index contributed by atoms with van der Waals surface area (Å²) < 4.78 is 31.1. The summed E-state index contributed by atoms with van der Waals surface area (Å²) in [4.78, 5) is 17.3. The van der Waals surface area contributed by atoms with Crippen LogP contribution in [0.4, 0.5) is 14.9 Å². The average Bonchev–Trinajstić information content (AvgIpc) is 3.41. The van der Waals surface area contributed by atoms with Crippen LogP contribution in [0.2, 0.25) is 0 Å². The van der Waals surface area contributed by atoms with Gasteiger partial charge in [-0.05, 0) is 23.4 Å². The number of ether oxygens (including phenoxy) is 2. The van der Waals surface area contributed by atoms with Gasteiger partial charge in [0.2, 0.25) is 0 Å². The van der Waals surface area contributed by atoms with Crippen LogP contribution >= 0.6 is 0 Å². The summed E-state index contributed by atoms with van der Waals surface area (Å²) in [7, 11) is 0. The van der Waals surface area contributed by atoms with E-state index in [2.05, 4.69) is 14.7 Å². The molecule has 0 aliphatic carbocycles. The standard InChI is InChI=1S/C17H12FN5O4/c18-14-5-12(1-2-15(14)22-7-11(6-19)20-10-22)23-8-13(27-17(23)24)9-25-16-3-4-26-21-16/h1-5,7,10,13H,8-9H2. The fourth-order valence-corrected chi connectivity index (χ4v) is 2.66. The van der Waals surface area contributed by atoms with Crippen molar-refractivity contribution in [2.45, 2.75) is 6.10 Å². The molecule has 10 heteroatoms. The molecule has 4 rings (SSSR count). The monoisotopic (exact) mass is 369 g/mol. The Hall–Kier alpha value is -3.87. The summed E-state index contributed by atoms with van der Waals surface area (Å²) in [5, 5.41) is 12.4. The van der Waals surface area contributed by atoms with Gasteiger partial charge in [-0.3, -0.25) is 4.90 Å². The van der Waals surface area contributed by atoms with Gasteiger partial charge < -0.3 is 18.6 Å². The van der Waals surface area contributed by atoms with E-state index in [1.165, 1.54) is 46.5 Å². The Kier molecular flexibility index (Phi) is 4.18. The molecule has 1 amide bonds. The Morgan fingerprint density at radius 3 is 3.00 bits per heavy atom. The smallest absolute Gasteiger partial charge is 0.414 e. The highest BCUT2D eigenvalue weighted by Crippen LogP contribution is 2.26. The summed E-state index contributed by atoms with van der Waals surface area (Å²) in [6.45, 7) is 0.306. The number of amides is 1. The van der Waals surface area contributed by atoms with Gasteiger partial charge in [-0.15, -0.1) is 0 Å². The zero-order chi connectivity index (χ0) is 18.8. The van der Waals surface area contributed by atoms with Gasteiger partial charge in [0.05, 0.1) is 17.9 Å². The fraction of sp³-hybridized carbons (Fsp3) is 0.176. The van der Waals surface area contributed by atoms with Crippen LogP contribution in [0, 0.1) is 17.1 Å². The van der Waals surface area contributed by atoms with Crippen LogP contribution in [0.25, 0.3) is 5.69 Å². The Balaban J connectivity index is 1.47. The van der Waals surface area contributed by atoms with Crippen molar-refractivity contribution in [1.82, 2.24) is 14.7 Å². The van der Waals surface area contributed by atoms with E-state index in [9.17, 15) is 9.18 Å². The quantitative estimate of drug-likeness (QED) is 0.679. The van der Waals surface area contributed by atoms with Crippen LogP contribution < -0.4 is 9.64 Å². The van der Waals surface area contributed by atoms with E-state index in [1.54, 1.807) is 6.07 Å². The molecule has 27 heavy (non-hydrogen) atoms. The normalized spacial score (nSPS) is 16.2. The minimum absolute atomic E-state index is 0.0985. The molecule has 3 aromatic rings. The lowest BCUT2D eigenvalue weighted by Crippen LogP contribution is -2.26. The Morgan fingerprint density at radius 2 is 2.30 bits per heavy atom. The molecule has 0 N–H and O–H groups in total. The van der Waals surface area contributed by atoms with Gasteiger partial charge in [-0.1, -0.05) is 0 Å².